The Morgan fingerprint density at radius 3 is 1.67 bits per heavy atom. The number of benzene rings is 3. The number of rotatable bonds is 7. The van der Waals surface area contributed by atoms with Gasteiger partial charge in [-0.3, -0.25) is 0 Å². The summed E-state index contributed by atoms with van der Waals surface area (Å²) in [5.41, 5.74) is 6.03. The Morgan fingerprint density at radius 2 is 1.26 bits per heavy atom. The molecule has 0 heterocycles. The predicted molar refractivity (Wildman–Crippen MR) is 119 cm³/mol. The molecule has 0 saturated carbocycles. The van der Waals surface area contributed by atoms with E-state index in [1.54, 1.807) is 0 Å². The van der Waals surface area contributed by atoms with Crippen molar-refractivity contribution in [1.29, 1.82) is 0 Å². The average molecular weight is 371 g/mol. The average Bonchev–Trinajstić information content (AvgIpc) is 2.73. The molecule has 3 aromatic rings. The lowest BCUT2D eigenvalue weighted by atomic mass is 10.0. The van der Waals surface area contributed by atoms with E-state index in [9.17, 15) is 0 Å². The van der Waals surface area contributed by atoms with Crippen LogP contribution in [0.5, 0.6) is 0 Å². The summed E-state index contributed by atoms with van der Waals surface area (Å²) in [6.07, 6.45) is 0.835. The first kappa shape index (κ1) is 19.1. The van der Waals surface area contributed by atoms with Gasteiger partial charge < -0.3 is 4.43 Å². The highest BCUT2D eigenvalue weighted by Gasteiger charge is 2.37. The minimum atomic E-state index is -2.54. The van der Waals surface area contributed by atoms with Crippen LogP contribution in [0, 0.1) is 0 Å². The van der Waals surface area contributed by atoms with Crippen molar-refractivity contribution in [2.24, 2.45) is 0 Å². The minimum absolute atomic E-state index is 0.835. The molecule has 0 fully saturated rings. The lowest BCUT2D eigenvalue weighted by Crippen LogP contribution is -2.59. The number of allylic oxidation sites excluding steroid dienone is 2. The SMILES string of the molecule is C=C(C)C/C(=C\[Si](OC)(c1ccccc1)c1ccccc1)c1ccccc1. The monoisotopic (exact) mass is 370 g/mol. The van der Waals surface area contributed by atoms with Crippen molar-refractivity contribution in [2.45, 2.75) is 13.3 Å². The van der Waals surface area contributed by atoms with E-state index in [4.69, 9.17) is 4.43 Å². The van der Waals surface area contributed by atoms with Crippen molar-refractivity contribution in [3.63, 3.8) is 0 Å². The van der Waals surface area contributed by atoms with Crippen LogP contribution in [0.25, 0.3) is 5.57 Å². The molecule has 0 radical (unpaired) electrons. The summed E-state index contributed by atoms with van der Waals surface area (Å²) in [4.78, 5) is 0. The van der Waals surface area contributed by atoms with Gasteiger partial charge in [0.25, 0.3) is 8.32 Å². The van der Waals surface area contributed by atoms with Crippen molar-refractivity contribution in [3.05, 3.63) is 114 Å². The van der Waals surface area contributed by atoms with Crippen LogP contribution in [0.15, 0.2) is 109 Å². The first-order chi connectivity index (χ1) is 13.2. The summed E-state index contributed by atoms with van der Waals surface area (Å²) in [5.74, 6) is 0. The Labute approximate surface area is 163 Å². The molecule has 0 bridgehead atoms. The van der Waals surface area contributed by atoms with E-state index in [0.717, 1.165) is 12.0 Å². The maximum atomic E-state index is 6.38. The van der Waals surface area contributed by atoms with Gasteiger partial charge in [0, 0.05) is 7.11 Å². The van der Waals surface area contributed by atoms with Gasteiger partial charge in [-0.2, -0.15) is 0 Å². The third kappa shape index (κ3) is 4.36. The highest BCUT2D eigenvalue weighted by molar-refractivity contribution is 7.01. The lowest BCUT2D eigenvalue weighted by Gasteiger charge is -2.29. The molecule has 0 unspecified atom stereocenters. The van der Waals surface area contributed by atoms with E-state index in [1.165, 1.54) is 21.5 Å². The van der Waals surface area contributed by atoms with Gasteiger partial charge in [-0.05, 0) is 34.9 Å². The zero-order chi connectivity index (χ0) is 19.1. The molecule has 0 saturated heterocycles. The number of hydrogen-bond acceptors (Lipinski definition) is 1. The van der Waals surface area contributed by atoms with Gasteiger partial charge in [0.2, 0.25) is 0 Å². The summed E-state index contributed by atoms with van der Waals surface area (Å²) < 4.78 is 6.38. The van der Waals surface area contributed by atoms with Crippen LogP contribution in [0.2, 0.25) is 0 Å². The third-order valence-electron chi connectivity index (χ3n) is 4.74. The Bertz CT molecular complexity index is 859. The van der Waals surface area contributed by atoms with E-state index in [1.807, 2.05) is 7.11 Å². The van der Waals surface area contributed by atoms with Crippen molar-refractivity contribution in [3.8, 4) is 0 Å². The van der Waals surface area contributed by atoms with E-state index in [-0.39, 0.29) is 0 Å². The van der Waals surface area contributed by atoms with Crippen molar-refractivity contribution < 1.29 is 4.43 Å². The zero-order valence-electron chi connectivity index (χ0n) is 16.1. The molecule has 0 N–H and O–H groups in total. The van der Waals surface area contributed by atoms with Crippen LogP contribution in [0.4, 0.5) is 0 Å². The molecular formula is C25H26OSi. The molecule has 0 atom stereocenters. The number of hydrogen-bond donors (Lipinski definition) is 0. The molecule has 0 spiro atoms. The second kappa shape index (κ2) is 8.80. The lowest BCUT2D eigenvalue weighted by molar-refractivity contribution is 0.426. The zero-order valence-corrected chi connectivity index (χ0v) is 17.1. The van der Waals surface area contributed by atoms with Gasteiger partial charge in [0.1, 0.15) is 0 Å². The largest absolute Gasteiger partial charge is 0.408 e. The molecule has 1 nitrogen and oxygen atoms in total. The molecule has 0 aliphatic heterocycles. The van der Waals surface area contributed by atoms with Crippen LogP contribution in [0.3, 0.4) is 0 Å². The Kier molecular flexibility index (Phi) is 6.22. The normalized spacial score (nSPS) is 12.0. The summed E-state index contributed by atoms with van der Waals surface area (Å²) in [5, 5.41) is 2.49. The smallest absolute Gasteiger partial charge is 0.280 e. The Morgan fingerprint density at radius 1 is 0.815 bits per heavy atom. The highest BCUT2D eigenvalue weighted by atomic mass is 28.4. The van der Waals surface area contributed by atoms with Gasteiger partial charge in [0.15, 0.2) is 0 Å². The maximum absolute atomic E-state index is 6.38. The summed E-state index contributed by atoms with van der Waals surface area (Å²) in [6.45, 7) is 6.24. The summed E-state index contributed by atoms with van der Waals surface area (Å²) >= 11 is 0. The Hall–Kier alpha value is -2.68. The molecular weight excluding hydrogens is 344 g/mol. The fraction of sp³-hybridized carbons (Fsp3) is 0.120. The van der Waals surface area contributed by atoms with Crippen molar-refractivity contribution in [2.75, 3.05) is 7.11 Å². The molecule has 0 amide bonds. The fourth-order valence-corrected chi connectivity index (χ4v) is 6.85. The van der Waals surface area contributed by atoms with E-state index in [2.05, 4.69) is 110 Å². The molecule has 0 aliphatic rings. The summed E-state index contributed by atoms with van der Waals surface area (Å²) in [7, 11) is -0.698. The summed E-state index contributed by atoms with van der Waals surface area (Å²) in [6, 6.07) is 31.8. The molecule has 0 aromatic heterocycles. The second-order valence-corrected chi connectivity index (χ2v) is 10.2. The topological polar surface area (TPSA) is 9.23 Å². The minimum Gasteiger partial charge on any atom is -0.408 e. The van der Waals surface area contributed by atoms with Gasteiger partial charge >= 0.3 is 0 Å². The van der Waals surface area contributed by atoms with Gasteiger partial charge in [-0.15, -0.1) is 0 Å². The Balaban J connectivity index is 2.25. The van der Waals surface area contributed by atoms with Gasteiger partial charge in [-0.25, -0.2) is 0 Å². The maximum Gasteiger partial charge on any atom is 0.280 e. The second-order valence-electron chi connectivity index (χ2n) is 6.84. The van der Waals surface area contributed by atoms with Crippen molar-refractivity contribution in [1.82, 2.24) is 0 Å². The van der Waals surface area contributed by atoms with E-state index in [0.29, 0.717) is 0 Å². The molecule has 2 heteroatoms. The van der Waals surface area contributed by atoms with Gasteiger partial charge in [-0.1, -0.05) is 109 Å². The highest BCUT2D eigenvalue weighted by Crippen LogP contribution is 2.25. The fourth-order valence-electron chi connectivity index (χ4n) is 3.46. The van der Waals surface area contributed by atoms with E-state index < -0.39 is 8.32 Å². The molecule has 27 heavy (non-hydrogen) atoms. The van der Waals surface area contributed by atoms with Crippen LogP contribution < -0.4 is 10.4 Å². The van der Waals surface area contributed by atoms with E-state index >= 15 is 0 Å². The molecule has 3 rings (SSSR count). The molecule has 3 aromatic carbocycles. The van der Waals surface area contributed by atoms with Crippen LogP contribution >= 0.6 is 0 Å². The van der Waals surface area contributed by atoms with Gasteiger partial charge in [0.05, 0.1) is 0 Å². The van der Waals surface area contributed by atoms with Crippen molar-refractivity contribution >= 4 is 24.3 Å². The first-order valence-electron chi connectivity index (χ1n) is 9.23. The predicted octanol–water partition coefficient (Wildman–Crippen LogP) is 4.98. The van der Waals surface area contributed by atoms with Crippen LogP contribution in [-0.2, 0) is 4.43 Å². The molecule has 0 aliphatic carbocycles. The molecule has 136 valence electrons. The first-order valence-corrected chi connectivity index (χ1v) is 11.2. The standard InChI is InChI=1S/C25H26OSi/c1-21(2)19-23(22-13-7-4-8-14-22)20-27(26-3,24-15-9-5-10-16-24)25-17-11-6-12-18-25/h4-18,20H,1,19H2,2-3H3/b23-20+. The van der Waals surface area contributed by atoms with Crippen LogP contribution in [0.1, 0.15) is 18.9 Å². The third-order valence-corrected chi connectivity index (χ3v) is 8.52. The van der Waals surface area contributed by atoms with Crippen LogP contribution in [-0.4, -0.2) is 15.4 Å². The quantitative estimate of drug-likeness (QED) is 0.421.